The number of aromatic nitrogens is 2. The Bertz CT molecular complexity index is 676. The number of rotatable bonds is 6. The number of hydrogen-bond acceptors (Lipinski definition) is 3. The van der Waals surface area contributed by atoms with E-state index < -0.39 is 0 Å². The van der Waals surface area contributed by atoms with Crippen LogP contribution in [0.25, 0.3) is 5.69 Å². The van der Waals surface area contributed by atoms with Crippen molar-refractivity contribution < 1.29 is 0 Å². The van der Waals surface area contributed by atoms with Gasteiger partial charge in [-0.05, 0) is 44.6 Å². The number of nitrogens with zero attached hydrogens (tertiary/aromatic N) is 3. The standard InChI is InChI=1S/C17H23N5S/c1-4-5-11-18-17(23)20-19-12-16-13(2)21-22(14(16)3)15-9-7-6-8-10-15/h6-10,12H,4-5,11H2,1-3H3,(H2,18,20,23)/b19-12-. The molecule has 0 aliphatic rings. The van der Waals surface area contributed by atoms with Gasteiger partial charge in [-0.3, -0.25) is 5.43 Å². The van der Waals surface area contributed by atoms with Gasteiger partial charge in [-0.1, -0.05) is 31.5 Å². The van der Waals surface area contributed by atoms with E-state index in [4.69, 9.17) is 12.2 Å². The topological polar surface area (TPSA) is 54.2 Å². The van der Waals surface area contributed by atoms with Crippen molar-refractivity contribution in [1.82, 2.24) is 20.5 Å². The highest BCUT2D eigenvalue weighted by Gasteiger charge is 2.10. The van der Waals surface area contributed by atoms with Crippen LogP contribution in [0.15, 0.2) is 35.4 Å². The lowest BCUT2D eigenvalue weighted by Crippen LogP contribution is -2.32. The van der Waals surface area contributed by atoms with Gasteiger partial charge in [0.05, 0.1) is 23.3 Å². The van der Waals surface area contributed by atoms with E-state index in [0.717, 1.165) is 42.0 Å². The molecule has 0 radical (unpaired) electrons. The number of para-hydroxylation sites is 1. The van der Waals surface area contributed by atoms with Crippen LogP contribution < -0.4 is 10.7 Å². The molecule has 0 aliphatic carbocycles. The van der Waals surface area contributed by atoms with Crippen LogP contribution in [0.3, 0.4) is 0 Å². The summed E-state index contributed by atoms with van der Waals surface area (Å²) in [5, 5.41) is 12.5. The molecular weight excluding hydrogens is 306 g/mol. The van der Waals surface area contributed by atoms with Gasteiger partial charge in [0.2, 0.25) is 0 Å². The van der Waals surface area contributed by atoms with Crippen molar-refractivity contribution >= 4 is 23.5 Å². The van der Waals surface area contributed by atoms with Crippen LogP contribution in [-0.2, 0) is 0 Å². The third-order valence-electron chi connectivity index (χ3n) is 3.52. The summed E-state index contributed by atoms with van der Waals surface area (Å²) in [6, 6.07) is 10.1. The summed E-state index contributed by atoms with van der Waals surface area (Å²) in [7, 11) is 0. The maximum atomic E-state index is 5.17. The van der Waals surface area contributed by atoms with Crippen molar-refractivity contribution in [1.29, 1.82) is 0 Å². The lowest BCUT2D eigenvalue weighted by atomic mass is 10.2. The smallest absolute Gasteiger partial charge is 0.186 e. The van der Waals surface area contributed by atoms with E-state index in [0.29, 0.717) is 5.11 Å². The Hall–Kier alpha value is -2.21. The van der Waals surface area contributed by atoms with Crippen molar-refractivity contribution in [2.75, 3.05) is 6.54 Å². The quantitative estimate of drug-likeness (QED) is 0.370. The van der Waals surface area contributed by atoms with Crippen molar-refractivity contribution in [3.63, 3.8) is 0 Å². The fourth-order valence-electron chi connectivity index (χ4n) is 2.24. The number of benzene rings is 1. The Morgan fingerprint density at radius 3 is 2.74 bits per heavy atom. The summed E-state index contributed by atoms with van der Waals surface area (Å²) >= 11 is 5.17. The molecule has 0 fully saturated rings. The van der Waals surface area contributed by atoms with Gasteiger partial charge in [0.25, 0.3) is 0 Å². The van der Waals surface area contributed by atoms with Crippen LogP contribution >= 0.6 is 12.2 Å². The Kier molecular flexibility index (Phi) is 6.29. The lowest BCUT2D eigenvalue weighted by Gasteiger charge is -2.05. The summed E-state index contributed by atoms with van der Waals surface area (Å²) in [5.74, 6) is 0. The van der Waals surface area contributed by atoms with E-state index in [1.54, 1.807) is 6.21 Å². The normalized spacial score (nSPS) is 10.9. The van der Waals surface area contributed by atoms with Crippen LogP contribution in [0.1, 0.15) is 36.7 Å². The third-order valence-corrected chi connectivity index (χ3v) is 3.76. The molecule has 1 heterocycles. The molecule has 1 aromatic heterocycles. The highest BCUT2D eigenvalue weighted by Crippen LogP contribution is 2.15. The molecule has 2 rings (SSSR count). The SMILES string of the molecule is CCCCNC(=S)N/N=C\c1c(C)nn(-c2ccccc2)c1C. The number of nitrogens with one attached hydrogen (secondary N) is 2. The number of hydrazone groups is 1. The monoisotopic (exact) mass is 329 g/mol. The first kappa shape index (κ1) is 17.1. The molecular formula is C17H23N5S. The average molecular weight is 329 g/mol. The number of unbranched alkanes of at least 4 members (excludes halogenated alkanes) is 1. The molecule has 2 aromatic rings. The fraction of sp³-hybridized carbons (Fsp3) is 0.353. The van der Waals surface area contributed by atoms with Gasteiger partial charge in [-0.25, -0.2) is 4.68 Å². The van der Waals surface area contributed by atoms with Crippen LogP contribution in [0.4, 0.5) is 0 Å². The molecule has 1 aromatic carbocycles. The minimum Gasteiger partial charge on any atom is -0.361 e. The third kappa shape index (κ3) is 4.63. The Morgan fingerprint density at radius 2 is 2.04 bits per heavy atom. The minimum absolute atomic E-state index is 0.542. The van der Waals surface area contributed by atoms with E-state index in [9.17, 15) is 0 Å². The predicted molar refractivity (Wildman–Crippen MR) is 99.3 cm³/mol. The summed E-state index contributed by atoms with van der Waals surface area (Å²) < 4.78 is 1.93. The van der Waals surface area contributed by atoms with E-state index in [-0.39, 0.29) is 0 Å². The highest BCUT2D eigenvalue weighted by molar-refractivity contribution is 7.80. The molecule has 0 bridgehead atoms. The van der Waals surface area contributed by atoms with Crippen molar-refractivity contribution in [3.8, 4) is 5.69 Å². The first-order valence-corrected chi connectivity index (χ1v) is 8.23. The fourth-order valence-corrected chi connectivity index (χ4v) is 2.39. The average Bonchev–Trinajstić information content (AvgIpc) is 2.84. The molecule has 6 heteroatoms. The first-order valence-electron chi connectivity index (χ1n) is 7.82. The molecule has 0 saturated heterocycles. The predicted octanol–water partition coefficient (Wildman–Crippen LogP) is 3.09. The van der Waals surface area contributed by atoms with Crippen LogP contribution in [0.5, 0.6) is 0 Å². The number of thiocarbonyl (C=S) groups is 1. The second-order valence-electron chi connectivity index (χ2n) is 5.31. The molecule has 0 aliphatic heterocycles. The molecule has 122 valence electrons. The van der Waals surface area contributed by atoms with Crippen molar-refractivity contribution in [2.45, 2.75) is 33.6 Å². The van der Waals surface area contributed by atoms with Gasteiger partial charge in [-0.15, -0.1) is 0 Å². The Morgan fingerprint density at radius 1 is 1.30 bits per heavy atom. The Labute approximate surface area is 142 Å². The molecule has 0 saturated carbocycles. The Balaban J connectivity index is 2.05. The maximum Gasteiger partial charge on any atom is 0.186 e. The lowest BCUT2D eigenvalue weighted by molar-refractivity contribution is 0.745. The summed E-state index contributed by atoms with van der Waals surface area (Å²) in [5.41, 5.74) is 6.86. The summed E-state index contributed by atoms with van der Waals surface area (Å²) in [4.78, 5) is 0. The first-order chi connectivity index (χ1) is 11.1. The van der Waals surface area contributed by atoms with Gasteiger partial charge < -0.3 is 5.32 Å². The van der Waals surface area contributed by atoms with Crippen molar-refractivity contribution in [2.24, 2.45) is 5.10 Å². The summed E-state index contributed by atoms with van der Waals surface area (Å²) in [6.45, 7) is 7.02. The zero-order chi connectivity index (χ0) is 16.7. The molecule has 0 atom stereocenters. The van der Waals surface area contributed by atoms with E-state index in [2.05, 4.69) is 27.9 Å². The van der Waals surface area contributed by atoms with Gasteiger partial charge in [0.1, 0.15) is 0 Å². The van der Waals surface area contributed by atoms with E-state index in [1.165, 1.54) is 0 Å². The van der Waals surface area contributed by atoms with Gasteiger partial charge in [0, 0.05) is 12.1 Å². The van der Waals surface area contributed by atoms with Gasteiger partial charge in [-0.2, -0.15) is 10.2 Å². The minimum atomic E-state index is 0.542. The molecule has 0 unspecified atom stereocenters. The molecule has 2 N–H and O–H groups in total. The number of hydrogen-bond donors (Lipinski definition) is 2. The summed E-state index contributed by atoms with van der Waals surface area (Å²) in [6.07, 6.45) is 3.99. The van der Waals surface area contributed by atoms with Gasteiger partial charge >= 0.3 is 0 Å². The largest absolute Gasteiger partial charge is 0.361 e. The molecule has 0 spiro atoms. The maximum absolute atomic E-state index is 5.17. The van der Waals surface area contributed by atoms with Crippen LogP contribution in [0.2, 0.25) is 0 Å². The van der Waals surface area contributed by atoms with Crippen LogP contribution in [-0.4, -0.2) is 27.7 Å². The van der Waals surface area contributed by atoms with E-state index >= 15 is 0 Å². The van der Waals surface area contributed by atoms with Crippen LogP contribution in [0, 0.1) is 13.8 Å². The van der Waals surface area contributed by atoms with E-state index in [1.807, 2.05) is 48.9 Å². The van der Waals surface area contributed by atoms with Crippen molar-refractivity contribution in [3.05, 3.63) is 47.3 Å². The molecule has 0 amide bonds. The second-order valence-corrected chi connectivity index (χ2v) is 5.72. The number of aryl methyl sites for hydroxylation is 1. The second kappa shape index (κ2) is 8.43. The molecule has 5 nitrogen and oxygen atoms in total. The highest BCUT2D eigenvalue weighted by atomic mass is 32.1. The molecule has 23 heavy (non-hydrogen) atoms. The zero-order valence-electron chi connectivity index (χ0n) is 13.8. The van der Waals surface area contributed by atoms with Gasteiger partial charge in [0.15, 0.2) is 5.11 Å². The zero-order valence-corrected chi connectivity index (χ0v) is 14.7.